The maximum absolute atomic E-state index is 2.61. The predicted molar refractivity (Wildman–Crippen MR) is 179 cm³/mol. The number of aryl methyl sites for hydroxylation is 2. The molecule has 4 aliphatic carbocycles. The summed E-state index contributed by atoms with van der Waals surface area (Å²) in [7, 11) is 0. The van der Waals surface area contributed by atoms with E-state index in [0.717, 1.165) is 41.9 Å². The van der Waals surface area contributed by atoms with Crippen LogP contribution in [0.25, 0.3) is 33.0 Å². The number of hydrogen-bond acceptors (Lipinski definition) is 0. The van der Waals surface area contributed by atoms with Gasteiger partial charge in [0.1, 0.15) is 0 Å². The van der Waals surface area contributed by atoms with Gasteiger partial charge < -0.3 is 0 Å². The van der Waals surface area contributed by atoms with E-state index in [4.69, 9.17) is 0 Å². The van der Waals surface area contributed by atoms with Crippen LogP contribution in [0, 0.1) is 42.4 Å². The average Bonchev–Trinajstić information content (AvgIpc) is 3.04. The Morgan fingerprint density at radius 1 is 0.548 bits per heavy atom. The minimum atomic E-state index is 0.867. The first-order valence-corrected chi connectivity index (χ1v) is 17.4. The van der Waals surface area contributed by atoms with Crippen molar-refractivity contribution < 1.29 is 0 Å². The van der Waals surface area contributed by atoms with Gasteiger partial charge in [0.2, 0.25) is 0 Å². The van der Waals surface area contributed by atoms with Crippen LogP contribution in [-0.2, 0) is 19.3 Å². The van der Waals surface area contributed by atoms with Crippen LogP contribution in [0.4, 0.5) is 0 Å². The second kappa shape index (κ2) is 11.0. The van der Waals surface area contributed by atoms with E-state index in [2.05, 4.69) is 86.6 Å². The first-order chi connectivity index (χ1) is 20.7. The maximum atomic E-state index is 2.61. The van der Waals surface area contributed by atoms with Gasteiger partial charge in [-0.1, -0.05) is 112 Å². The van der Waals surface area contributed by atoms with E-state index < -0.39 is 0 Å². The lowest BCUT2D eigenvalue weighted by Gasteiger charge is -2.58. The lowest BCUT2D eigenvalue weighted by Crippen LogP contribution is -2.51. The van der Waals surface area contributed by atoms with Crippen molar-refractivity contribution in [3.63, 3.8) is 0 Å². The van der Waals surface area contributed by atoms with Crippen molar-refractivity contribution in [2.75, 3.05) is 0 Å². The second-order valence-electron chi connectivity index (χ2n) is 14.5. The topological polar surface area (TPSA) is 0 Å². The molecule has 0 aliphatic heterocycles. The molecule has 0 nitrogen and oxygen atoms in total. The Morgan fingerprint density at radius 3 is 1.43 bits per heavy atom. The van der Waals surface area contributed by atoms with E-state index in [0.29, 0.717) is 0 Å². The summed E-state index contributed by atoms with van der Waals surface area (Å²) in [5, 5.41) is 2.99. The summed E-state index contributed by atoms with van der Waals surface area (Å²) in [5.74, 6) is 5.63. The summed E-state index contributed by atoms with van der Waals surface area (Å²) < 4.78 is 0. The molecular formula is C42H48. The third kappa shape index (κ3) is 4.31. The molecule has 42 heavy (non-hydrogen) atoms. The van der Waals surface area contributed by atoms with Crippen molar-refractivity contribution in [2.24, 2.45) is 35.5 Å². The Hall–Kier alpha value is -2.86. The standard InChI is InChI=1S/C42H48/c1-3-14-30-24-38-37(23-27(30)2)41(28-15-6-4-7-16-28)39-25-35-33-21-12-10-19-31(33)32-20-11-13-22-34(32)36(35)26-40(39)42(38)29-17-8-5-9-18-29/h4-9,15-18,23-24,31-36H,3,10-14,19-22,25-26H2,1-2H3. The van der Waals surface area contributed by atoms with Crippen molar-refractivity contribution in [1.29, 1.82) is 0 Å². The normalized spacial score (nSPS) is 28.4. The molecule has 0 spiro atoms. The van der Waals surface area contributed by atoms with Gasteiger partial charge in [0.25, 0.3) is 0 Å². The van der Waals surface area contributed by atoms with Crippen LogP contribution in [0.3, 0.4) is 0 Å². The fourth-order valence-corrected chi connectivity index (χ4v) is 10.9. The van der Waals surface area contributed by atoms with Crippen molar-refractivity contribution in [3.8, 4) is 22.3 Å². The molecule has 0 amide bonds. The van der Waals surface area contributed by atoms with Crippen molar-refractivity contribution in [1.82, 2.24) is 0 Å². The van der Waals surface area contributed by atoms with Crippen LogP contribution in [-0.4, -0.2) is 0 Å². The molecule has 6 unspecified atom stereocenters. The highest BCUT2D eigenvalue weighted by Crippen LogP contribution is 2.60. The van der Waals surface area contributed by atoms with Gasteiger partial charge in [-0.25, -0.2) is 0 Å². The zero-order valence-electron chi connectivity index (χ0n) is 25.9. The molecule has 0 bridgehead atoms. The van der Waals surface area contributed by atoms with Crippen LogP contribution < -0.4 is 0 Å². The molecule has 216 valence electrons. The maximum Gasteiger partial charge on any atom is -0.00699 e. The molecule has 0 N–H and O–H groups in total. The van der Waals surface area contributed by atoms with Gasteiger partial charge in [0.05, 0.1) is 0 Å². The van der Waals surface area contributed by atoms with E-state index in [1.165, 1.54) is 104 Å². The predicted octanol–water partition coefficient (Wildman–Crippen LogP) is 11.4. The quantitative estimate of drug-likeness (QED) is 0.236. The summed E-state index contributed by atoms with van der Waals surface area (Å²) in [6.07, 6.45) is 16.8. The SMILES string of the molecule is CCCc1cc2c(-c3ccccc3)c3c(c(-c4ccccc4)c2cc1C)CC1C2CCCCC2C2CCCCC2C1C3. The van der Waals surface area contributed by atoms with Crippen molar-refractivity contribution in [2.45, 2.75) is 90.9 Å². The molecular weight excluding hydrogens is 504 g/mol. The lowest BCUT2D eigenvalue weighted by atomic mass is 9.47. The third-order valence-electron chi connectivity index (χ3n) is 12.5. The molecule has 6 atom stereocenters. The Kier molecular flexibility index (Phi) is 7.01. The molecule has 0 aromatic heterocycles. The number of rotatable bonds is 4. The van der Waals surface area contributed by atoms with Gasteiger partial charge in [0.15, 0.2) is 0 Å². The van der Waals surface area contributed by atoms with E-state index in [1.807, 2.05) is 0 Å². The highest BCUT2D eigenvalue weighted by atomic mass is 14.6. The molecule has 4 aliphatic rings. The van der Waals surface area contributed by atoms with Crippen molar-refractivity contribution >= 4 is 10.8 Å². The van der Waals surface area contributed by atoms with Gasteiger partial charge in [-0.15, -0.1) is 0 Å². The number of benzene rings is 4. The van der Waals surface area contributed by atoms with E-state index >= 15 is 0 Å². The van der Waals surface area contributed by atoms with Crippen LogP contribution >= 0.6 is 0 Å². The smallest absolute Gasteiger partial charge is 0.00699 e. The highest BCUT2D eigenvalue weighted by Gasteiger charge is 2.52. The molecule has 3 saturated carbocycles. The zero-order valence-corrected chi connectivity index (χ0v) is 25.9. The summed E-state index contributed by atoms with van der Waals surface area (Å²) in [5.41, 5.74) is 12.4. The van der Waals surface area contributed by atoms with Crippen LogP contribution in [0.1, 0.15) is 87.0 Å². The summed E-state index contributed by atoms with van der Waals surface area (Å²) >= 11 is 0. The second-order valence-corrected chi connectivity index (χ2v) is 14.5. The summed E-state index contributed by atoms with van der Waals surface area (Å²) in [4.78, 5) is 0. The summed E-state index contributed by atoms with van der Waals surface area (Å²) in [6.45, 7) is 4.68. The molecule has 0 radical (unpaired) electrons. The summed E-state index contributed by atoms with van der Waals surface area (Å²) in [6, 6.07) is 28.2. The fourth-order valence-electron chi connectivity index (χ4n) is 10.9. The van der Waals surface area contributed by atoms with Gasteiger partial charge in [0, 0.05) is 0 Å². The largest absolute Gasteiger partial charge is 0.0651 e. The minimum Gasteiger partial charge on any atom is -0.0651 e. The lowest BCUT2D eigenvalue weighted by molar-refractivity contribution is -0.0650. The Balaban J connectivity index is 1.42. The van der Waals surface area contributed by atoms with Crippen LogP contribution in [0.2, 0.25) is 0 Å². The first-order valence-electron chi connectivity index (χ1n) is 17.4. The number of fused-ring (bicyclic) bond motifs is 8. The molecule has 0 saturated heterocycles. The molecule has 8 rings (SSSR count). The van der Waals surface area contributed by atoms with Gasteiger partial charge >= 0.3 is 0 Å². The van der Waals surface area contributed by atoms with E-state index in [9.17, 15) is 0 Å². The minimum absolute atomic E-state index is 0.867. The first kappa shape index (κ1) is 26.7. The van der Waals surface area contributed by atoms with Crippen molar-refractivity contribution in [3.05, 3.63) is 95.1 Å². The Morgan fingerprint density at radius 2 is 0.976 bits per heavy atom. The fraction of sp³-hybridized carbons (Fsp3) is 0.476. The molecule has 3 fully saturated rings. The van der Waals surface area contributed by atoms with Crippen LogP contribution in [0.15, 0.2) is 72.8 Å². The Labute approximate surface area is 254 Å². The van der Waals surface area contributed by atoms with E-state index in [-0.39, 0.29) is 0 Å². The molecule has 0 heteroatoms. The number of hydrogen-bond donors (Lipinski definition) is 0. The zero-order chi connectivity index (χ0) is 28.2. The monoisotopic (exact) mass is 552 g/mol. The average molecular weight is 553 g/mol. The molecule has 4 aromatic rings. The third-order valence-corrected chi connectivity index (χ3v) is 12.5. The van der Waals surface area contributed by atoms with Crippen LogP contribution in [0.5, 0.6) is 0 Å². The van der Waals surface area contributed by atoms with Gasteiger partial charge in [-0.05, 0) is 143 Å². The van der Waals surface area contributed by atoms with E-state index in [1.54, 1.807) is 22.3 Å². The Bertz CT molecular complexity index is 1580. The van der Waals surface area contributed by atoms with Gasteiger partial charge in [-0.3, -0.25) is 0 Å². The molecule has 0 heterocycles. The van der Waals surface area contributed by atoms with Gasteiger partial charge in [-0.2, -0.15) is 0 Å². The molecule has 4 aromatic carbocycles. The highest BCUT2D eigenvalue weighted by molar-refractivity contribution is 6.08.